The number of pyridine rings is 1. The number of imidazole rings is 1. The van der Waals surface area contributed by atoms with Gasteiger partial charge in [0.25, 0.3) is 0 Å². The molecule has 0 aliphatic heterocycles. The summed E-state index contributed by atoms with van der Waals surface area (Å²) in [7, 11) is 0. The van der Waals surface area contributed by atoms with Gasteiger partial charge in [-0.1, -0.05) is 6.07 Å². The Morgan fingerprint density at radius 2 is 2.10 bits per heavy atom. The topological polar surface area (TPSA) is 17.3 Å². The van der Waals surface area contributed by atoms with E-state index >= 15 is 0 Å². The first-order chi connectivity index (χ1) is 4.47. The van der Waals surface area contributed by atoms with Gasteiger partial charge in [-0.05, 0) is 12.1 Å². The van der Waals surface area contributed by atoms with Crippen molar-refractivity contribution in [3.63, 3.8) is 0 Å². The Kier molecular flexibility index (Phi) is 2.09. The predicted octanol–water partition coefficient (Wildman–Crippen LogP) is 1.33. The predicted molar refractivity (Wildman–Crippen MR) is 35.2 cm³/mol. The summed E-state index contributed by atoms with van der Waals surface area (Å²) in [6.07, 6.45) is 5.69. The summed E-state index contributed by atoms with van der Waals surface area (Å²) in [4.78, 5) is 4.08. The summed E-state index contributed by atoms with van der Waals surface area (Å²) in [6.45, 7) is 0. The summed E-state index contributed by atoms with van der Waals surface area (Å²) in [5.74, 6) is 0. The molecule has 0 aromatic carbocycles. The molecule has 55 valence electrons. The van der Waals surface area contributed by atoms with Gasteiger partial charge in [0, 0.05) is 35.7 Å². The molecule has 2 aromatic heterocycles. The van der Waals surface area contributed by atoms with Crippen LogP contribution in [-0.2, 0) is 17.1 Å². The monoisotopic (exact) mass is 181 g/mol. The molecule has 2 nitrogen and oxygen atoms in total. The minimum atomic E-state index is 0. The molecule has 0 unspecified atom stereocenters. The van der Waals surface area contributed by atoms with Crippen LogP contribution in [-0.4, -0.2) is 9.38 Å². The van der Waals surface area contributed by atoms with Crippen molar-refractivity contribution >= 4 is 5.65 Å². The SMILES string of the molecule is [Cu].c1ccn2ccnc2c1. The molecule has 0 bridgehead atoms. The van der Waals surface area contributed by atoms with E-state index in [1.54, 1.807) is 6.20 Å². The van der Waals surface area contributed by atoms with E-state index in [2.05, 4.69) is 4.98 Å². The Hall–Kier alpha value is -0.791. The Balaban J connectivity index is 0.000000500. The van der Waals surface area contributed by atoms with Crippen molar-refractivity contribution < 1.29 is 17.1 Å². The van der Waals surface area contributed by atoms with Crippen LogP contribution in [0.25, 0.3) is 5.65 Å². The minimum Gasteiger partial charge on any atom is -0.307 e. The largest absolute Gasteiger partial charge is 0.307 e. The molecule has 2 heterocycles. The standard InChI is InChI=1S/C7H6N2.Cu/c1-2-5-9-6-4-8-7(9)3-1;/h1-6H;. The molecule has 3 heteroatoms. The average Bonchev–Trinajstić information content (AvgIpc) is 2.33. The molecule has 0 N–H and O–H groups in total. The van der Waals surface area contributed by atoms with Crippen LogP contribution in [0.2, 0.25) is 0 Å². The molecule has 0 saturated heterocycles. The second-order valence-corrected chi connectivity index (χ2v) is 1.89. The van der Waals surface area contributed by atoms with Crippen LogP contribution in [0, 0.1) is 0 Å². The fourth-order valence-electron chi connectivity index (χ4n) is 0.864. The first-order valence-corrected chi connectivity index (χ1v) is 2.84. The van der Waals surface area contributed by atoms with Gasteiger partial charge in [0.2, 0.25) is 0 Å². The quantitative estimate of drug-likeness (QED) is 0.561. The zero-order chi connectivity index (χ0) is 6.10. The Morgan fingerprint density at radius 1 is 1.20 bits per heavy atom. The van der Waals surface area contributed by atoms with Crippen LogP contribution in [0.4, 0.5) is 0 Å². The maximum absolute atomic E-state index is 4.08. The van der Waals surface area contributed by atoms with Gasteiger partial charge in [0.05, 0.1) is 0 Å². The van der Waals surface area contributed by atoms with Crippen molar-refractivity contribution in [3.8, 4) is 0 Å². The second-order valence-electron chi connectivity index (χ2n) is 1.89. The third-order valence-electron chi connectivity index (χ3n) is 1.30. The fourth-order valence-corrected chi connectivity index (χ4v) is 0.864. The first kappa shape index (κ1) is 7.32. The summed E-state index contributed by atoms with van der Waals surface area (Å²) in [5.41, 5.74) is 0.998. The van der Waals surface area contributed by atoms with Gasteiger partial charge in [-0.2, -0.15) is 0 Å². The second kappa shape index (κ2) is 2.86. The maximum Gasteiger partial charge on any atom is 0.136 e. The number of aromatic nitrogens is 2. The van der Waals surface area contributed by atoms with Crippen molar-refractivity contribution in [2.45, 2.75) is 0 Å². The van der Waals surface area contributed by atoms with Crippen molar-refractivity contribution in [1.29, 1.82) is 0 Å². The molecule has 0 spiro atoms. The molecule has 0 aliphatic carbocycles. The van der Waals surface area contributed by atoms with Gasteiger partial charge in [-0.15, -0.1) is 0 Å². The van der Waals surface area contributed by atoms with Gasteiger partial charge in [0.1, 0.15) is 5.65 Å². The third kappa shape index (κ3) is 1.06. The van der Waals surface area contributed by atoms with E-state index < -0.39 is 0 Å². The van der Waals surface area contributed by atoms with E-state index in [0.29, 0.717) is 0 Å². The molecule has 0 aliphatic rings. The van der Waals surface area contributed by atoms with Crippen molar-refractivity contribution in [2.24, 2.45) is 0 Å². The van der Waals surface area contributed by atoms with E-state index in [9.17, 15) is 0 Å². The maximum atomic E-state index is 4.08. The summed E-state index contributed by atoms with van der Waals surface area (Å²) >= 11 is 0. The molecular formula is C7H6CuN2. The Bertz CT molecular complexity index is 286. The fraction of sp³-hybridized carbons (Fsp3) is 0. The average molecular weight is 182 g/mol. The van der Waals surface area contributed by atoms with E-state index in [4.69, 9.17) is 0 Å². The molecule has 0 amide bonds. The molecular weight excluding hydrogens is 176 g/mol. The van der Waals surface area contributed by atoms with Crippen molar-refractivity contribution in [3.05, 3.63) is 36.8 Å². The van der Waals surface area contributed by atoms with Crippen LogP contribution >= 0.6 is 0 Å². The zero-order valence-electron chi connectivity index (χ0n) is 5.16. The molecule has 0 atom stereocenters. The van der Waals surface area contributed by atoms with E-state index in [0.717, 1.165) is 5.65 Å². The van der Waals surface area contributed by atoms with Crippen LogP contribution in [0.1, 0.15) is 0 Å². The molecule has 2 aromatic rings. The Labute approximate surface area is 69.4 Å². The number of hydrogen-bond acceptors (Lipinski definition) is 1. The molecule has 10 heavy (non-hydrogen) atoms. The molecule has 0 saturated carbocycles. The first-order valence-electron chi connectivity index (χ1n) is 2.84. The van der Waals surface area contributed by atoms with E-state index in [1.165, 1.54) is 0 Å². The third-order valence-corrected chi connectivity index (χ3v) is 1.30. The number of rotatable bonds is 0. The van der Waals surface area contributed by atoms with Gasteiger partial charge >= 0.3 is 0 Å². The van der Waals surface area contributed by atoms with Crippen molar-refractivity contribution in [2.75, 3.05) is 0 Å². The molecule has 2 rings (SSSR count). The summed E-state index contributed by atoms with van der Waals surface area (Å²) in [5, 5.41) is 0. The number of hydrogen-bond donors (Lipinski definition) is 0. The Morgan fingerprint density at radius 3 is 2.90 bits per heavy atom. The van der Waals surface area contributed by atoms with Crippen LogP contribution in [0.15, 0.2) is 36.8 Å². The van der Waals surface area contributed by atoms with Crippen LogP contribution in [0.5, 0.6) is 0 Å². The van der Waals surface area contributed by atoms with E-state index in [-0.39, 0.29) is 17.1 Å². The van der Waals surface area contributed by atoms with Gasteiger partial charge in [-0.25, -0.2) is 4.98 Å². The zero-order valence-corrected chi connectivity index (χ0v) is 6.10. The number of nitrogens with zero attached hydrogens (tertiary/aromatic N) is 2. The normalized spacial score (nSPS) is 9.20. The minimum absolute atomic E-state index is 0. The van der Waals surface area contributed by atoms with Crippen LogP contribution in [0.3, 0.4) is 0 Å². The molecule has 1 radical (unpaired) electrons. The van der Waals surface area contributed by atoms with Gasteiger partial charge in [0.15, 0.2) is 0 Å². The number of fused-ring (bicyclic) bond motifs is 1. The van der Waals surface area contributed by atoms with E-state index in [1.807, 2.05) is 35.0 Å². The smallest absolute Gasteiger partial charge is 0.136 e. The van der Waals surface area contributed by atoms with Gasteiger partial charge in [-0.3, -0.25) is 0 Å². The summed E-state index contributed by atoms with van der Waals surface area (Å²) < 4.78 is 1.97. The van der Waals surface area contributed by atoms with Crippen LogP contribution < -0.4 is 0 Å². The molecule has 0 fully saturated rings. The van der Waals surface area contributed by atoms with Crippen molar-refractivity contribution in [1.82, 2.24) is 9.38 Å². The summed E-state index contributed by atoms with van der Waals surface area (Å²) in [6, 6.07) is 5.93. The van der Waals surface area contributed by atoms with Gasteiger partial charge < -0.3 is 4.40 Å².